The second kappa shape index (κ2) is 16.2. The lowest BCUT2D eigenvalue weighted by Crippen LogP contribution is -2.29. The number of carboxylic acid groups (broad SMARTS) is 1. The van der Waals surface area contributed by atoms with E-state index in [4.69, 9.17) is 14.6 Å². The van der Waals surface area contributed by atoms with Gasteiger partial charge in [0.1, 0.15) is 11.5 Å². The molecule has 0 aliphatic rings. The van der Waals surface area contributed by atoms with Crippen LogP contribution in [0.2, 0.25) is 0 Å². The number of anilines is 1. The van der Waals surface area contributed by atoms with E-state index in [9.17, 15) is 9.59 Å². The minimum atomic E-state index is -0.870. The molecule has 0 saturated carbocycles. The number of amides is 1. The average Bonchev–Trinajstić information content (AvgIpc) is 3.22. The van der Waals surface area contributed by atoms with Crippen molar-refractivity contribution >= 4 is 28.7 Å². The first-order valence-corrected chi connectivity index (χ1v) is 11.8. The summed E-state index contributed by atoms with van der Waals surface area (Å²) in [5.41, 5.74) is 2.37. The Hall–Kier alpha value is -3.48. The highest BCUT2D eigenvalue weighted by Gasteiger charge is 2.18. The van der Waals surface area contributed by atoms with Gasteiger partial charge in [0.2, 0.25) is 0 Å². The molecule has 3 aromatic rings. The van der Waals surface area contributed by atoms with Crippen molar-refractivity contribution in [2.45, 2.75) is 54.4 Å². The van der Waals surface area contributed by atoms with Crippen LogP contribution in [0.4, 0.5) is 10.5 Å². The zero-order valence-corrected chi connectivity index (χ0v) is 22.0. The van der Waals surface area contributed by atoms with Gasteiger partial charge in [0.05, 0.1) is 12.6 Å². The Balaban J connectivity index is 0.00000168. The fourth-order valence-corrected chi connectivity index (χ4v) is 3.09. The third kappa shape index (κ3) is 8.14. The number of rotatable bonds is 6. The number of carbonyl (C=O) groups excluding carboxylic acids is 1. The van der Waals surface area contributed by atoms with Crippen LogP contribution in [0, 0.1) is 0 Å². The van der Waals surface area contributed by atoms with E-state index in [1.54, 1.807) is 50.6 Å². The van der Waals surface area contributed by atoms with Crippen LogP contribution >= 0.6 is 0 Å². The number of hydrogen-bond acceptors (Lipinski definition) is 4. The molecular formula is C27H40N2O5. The Morgan fingerprint density at radius 3 is 2.09 bits per heavy atom. The number of ether oxygens (including phenoxy) is 2. The maximum Gasteiger partial charge on any atom is 0.419 e. The van der Waals surface area contributed by atoms with E-state index < -0.39 is 12.1 Å². The summed E-state index contributed by atoms with van der Waals surface area (Å²) in [4.78, 5) is 25.0. The quantitative estimate of drug-likeness (QED) is 0.421. The molecular weight excluding hydrogens is 432 g/mol. The van der Waals surface area contributed by atoms with Gasteiger partial charge in [-0.1, -0.05) is 47.6 Å². The summed E-state index contributed by atoms with van der Waals surface area (Å²) < 4.78 is 12.7. The Bertz CT molecular complexity index is 1010. The standard InChI is InChI=1S/C21H22N2O5.3C2H6/c1-22-13-14(7-12-19(24)25)20-17(22)5-4-6-18(20)28-21(26)23(2)15-8-10-16(27-3)11-9-15;3*1-2/h4-6,8-11,13H,7,12H2,1-3H3,(H,24,25);3*1-2H3. The fraction of sp³-hybridized carbons (Fsp3) is 0.407. The molecule has 1 aromatic heterocycles. The highest BCUT2D eigenvalue weighted by Crippen LogP contribution is 2.32. The highest BCUT2D eigenvalue weighted by atomic mass is 16.6. The molecule has 0 aliphatic carbocycles. The second-order valence-electron chi connectivity index (χ2n) is 6.43. The van der Waals surface area contributed by atoms with Gasteiger partial charge in [-0.05, 0) is 48.4 Å². The maximum absolute atomic E-state index is 12.7. The summed E-state index contributed by atoms with van der Waals surface area (Å²) in [5.74, 6) is 0.234. The van der Waals surface area contributed by atoms with E-state index >= 15 is 0 Å². The first kappa shape index (κ1) is 30.5. The molecule has 1 heterocycles. The molecule has 7 nitrogen and oxygen atoms in total. The van der Waals surface area contributed by atoms with Crippen LogP contribution in [0.5, 0.6) is 11.5 Å². The number of aliphatic carboxylic acids is 1. The third-order valence-corrected chi connectivity index (χ3v) is 4.59. The summed E-state index contributed by atoms with van der Waals surface area (Å²) >= 11 is 0. The van der Waals surface area contributed by atoms with Crippen LogP contribution in [0.15, 0.2) is 48.7 Å². The lowest BCUT2D eigenvalue weighted by molar-refractivity contribution is -0.136. The second-order valence-corrected chi connectivity index (χ2v) is 6.43. The van der Waals surface area contributed by atoms with Crippen molar-refractivity contribution in [3.63, 3.8) is 0 Å². The number of aryl methyl sites for hydroxylation is 2. The normalized spacial score (nSPS) is 9.32. The van der Waals surface area contributed by atoms with Gasteiger partial charge in [0.15, 0.2) is 0 Å². The van der Waals surface area contributed by atoms with Gasteiger partial charge in [-0.15, -0.1) is 0 Å². The van der Waals surface area contributed by atoms with Gasteiger partial charge in [-0.25, -0.2) is 4.79 Å². The van der Waals surface area contributed by atoms with Crippen LogP contribution in [-0.4, -0.2) is 35.9 Å². The third-order valence-electron chi connectivity index (χ3n) is 4.59. The van der Waals surface area contributed by atoms with E-state index in [1.807, 2.05) is 65.4 Å². The number of nitrogens with zero attached hydrogens (tertiary/aromatic N) is 2. The Morgan fingerprint density at radius 1 is 0.971 bits per heavy atom. The Kier molecular flexibility index (Phi) is 14.5. The smallest absolute Gasteiger partial charge is 0.419 e. The number of benzene rings is 2. The van der Waals surface area contributed by atoms with Crippen molar-refractivity contribution in [2.75, 3.05) is 19.1 Å². The lowest BCUT2D eigenvalue weighted by Gasteiger charge is -2.18. The average molecular weight is 473 g/mol. The van der Waals surface area contributed by atoms with Gasteiger partial charge in [-0.3, -0.25) is 9.69 Å². The molecule has 0 spiro atoms. The SMILES string of the molecule is CC.CC.CC.COc1ccc(N(C)C(=O)Oc2cccc3c2c(CCC(=O)O)cn3C)cc1. The van der Waals surface area contributed by atoms with Crippen LogP contribution < -0.4 is 14.4 Å². The molecule has 188 valence electrons. The van der Waals surface area contributed by atoms with Gasteiger partial charge >= 0.3 is 12.1 Å². The lowest BCUT2D eigenvalue weighted by atomic mass is 10.1. The number of carbonyl (C=O) groups is 2. The van der Waals surface area contributed by atoms with Gasteiger partial charge in [-0.2, -0.15) is 0 Å². The van der Waals surface area contributed by atoms with Crippen molar-refractivity contribution in [2.24, 2.45) is 7.05 Å². The van der Waals surface area contributed by atoms with Crippen LogP contribution in [0.3, 0.4) is 0 Å². The molecule has 7 heteroatoms. The number of hydrogen-bond donors (Lipinski definition) is 1. The molecule has 1 amide bonds. The van der Waals surface area contributed by atoms with Crippen molar-refractivity contribution in [3.05, 3.63) is 54.2 Å². The molecule has 0 radical (unpaired) electrons. The predicted octanol–water partition coefficient (Wildman–Crippen LogP) is 6.92. The van der Waals surface area contributed by atoms with E-state index in [-0.39, 0.29) is 6.42 Å². The van der Waals surface area contributed by atoms with Gasteiger partial charge in [0.25, 0.3) is 0 Å². The number of fused-ring (bicyclic) bond motifs is 1. The van der Waals surface area contributed by atoms with Crippen LogP contribution in [0.1, 0.15) is 53.5 Å². The minimum absolute atomic E-state index is 0.00709. The van der Waals surface area contributed by atoms with E-state index in [0.29, 0.717) is 23.6 Å². The zero-order valence-electron chi connectivity index (χ0n) is 22.0. The monoisotopic (exact) mass is 472 g/mol. The minimum Gasteiger partial charge on any atom is -0.497 e. The molecule has 3 rings (SSSR count). The summed E-state index contributed by atoms with van der Waals surface area (Å²) in [6.45, 7) is 12.0. The first-order valence-electron chi connectivity index (χ1n) is 11.8. The van der Waals surface area contributed by atoms with Gasteiger partial charge in [0, 0.05) is 37.8 Å². The predicted molar refractivity (Wildman–Crippen MR) is 140 cm³/mol. The number of aromatic nitrogens is 1. The summed E-state index contributed by atoms with van der Waals surface area (Å²) in [6.07, 6.45) is 1.70. The largest absolute Gasteiger partial charge is 0.497 e. The molecule has 0 fully saturated rings. The Labute approximate surface area is 203 Å². The van der Waals surface area contributed by atoms with E-state index in [2.05, 4.69) is 0 Å². The molecule has 34 heavy (non-hydrogen) atoms. The van der Waals surface area contributed by atoms with Gasteiger partial charge < -0.3 is 19.1 Å². The fourth-order valence-electron chi connectivity index (χ4n) is 3.09. The molecule has 1 N–H and O–H groups in total. The molecule has 0 unspecified atom stereocenters. The topological polar surface area (TPSA) is 81.0 Å². The number of carboxylic acids is 1. The van der Waals surface area contributed by atoms with Crippen molar-refractivity contribution in [1.29, 1.82) is 0 Å². The molecule has 0 saturated heterocycles. The first-order chi connectivity index (χ1) is 16.4. The summed E-state index contributed by atoms with van der Waals surface area (Å²) in [7, 11) is 5.08. The van der Waals surface area contributed by atoms with Crippen LogP contribution in [-0.2, 0) is 18.3 Å². The Morgan fingerprint density at radius 2 is 1.56 bits per heavy atom. The van der Waals surface area contributed by atoms with Crippen molar-refractivity contribution < 1.29 is 24.2 Å². The van der Waals surface area contributed by atoms with Crippen molar-refractivity contribution in [3.8, 4) is 11.5 Å². The maximum atomic E-state index is 12.7. The van der Waals surface area contributed by atoms with E-state index in [1.165, 1.54) is 4.90 Å². The molecule has 0 atom stereocenters. The van der Waals surface area contributed by atoms with Crippen LogP contribution in [0.25, 0.3) is 10.9 Å². The van der Waals surface area contributed by atoms with E-state index in [0.717, 1.165) is 16.5 Å². The summed E-state index contributed by atoms with van der Waals surface area (Å²) in [5, 5.41) is 9.75. The van der Waals surface area contributed by atoms with Crippen molar-refractivity contribution in [1.82, 2.24) is 4.57 Å². The number of methoxy groups -OCH3 is 1. The highest BCUT2D eigenvalue weighted by molar-refractivity contribution is 5.95. The summed E-state index contributed by atoms with van der Waals surface area (Å²) in [6, 6.07) is 12.5. The molecule has 0 aliphatic heterocycles. The molecule has 0 bridgehead atoms. The zero-order chi connectivity index (χ0) is 26.3. The molecule has 2 aromatic carbocycles.